The van der Waals surface area contributed by atoms with Gasteiger partial charge in [-0.1, -0.05) is 0 Å². The van der Waals surface area contributed by atoms with E-state index in [4.69, 9.17) is 9.47 Å². The van der Waals surface area contributed by atoms with E-state index in [0.29, 0.717) is 35.5 Å². The number of nitrogens with zero attached hydrogens (tertiary/aromatic N) is 2. The number of pyridine rings is 1. The Morgan fingerprint density at radius 2 is 2.05 bits per heavy atom. The lowest BCUT2D eigenvalue weighted by atomic mass is 9.82. The fraction of sp³-hybridized carbons (Fsp3) is 0.600. The van der Waals surface area contributed by atoms with Gasteiger partial charge in [0.2, 0.25) is 5.88 Å². The van der Waals surface area contributed by atoms with E-state index in [0.717, 1.165) is 25.9 Å². The van der Waals surface area contributed by atoms with Gasteiger partial charge in [0, 0.05) is 42.8 Å². The van der Waals surface area contributed by atoms with Crippen LogP contribution in [0.4, 0.5) is 0 Å². The van der Waals surface area contributed by atoms with Gasteiger partial charge in [0.25, 0.3) is 5.91 Å². The van der Waals surface area contributed by atoms with E-state index < -0.39 is 0 Å². The molecule has 106 valence electrons. The van der Waals surface area contributed by atoms with Gasteiger partial charge in [-0.25, -0.2) is 4.98 Å². The first-order chi connectivity index (χ1) is 9.76. The van der Waals surface area contributed by atoms with Crippen LogP contribution in [0.3, 0.4) is 0 Å². The molecule has 1 aromatic rings. The van der Waals surface area contributed by atoms with Gasteiger partial charge < -0.3 is 14.4 Å². The summed E-state index contributed by atoms with van der Waals surface area (Å²) in [6.07, 6.45) is 4.72. The molecular weight excluding hydrogens is 256 g/mol. The summed E-state index contributed by atoms with van der Waals surface area (Å²) in [5.41, 5.74) is 0.657. The molecule has 0 aliphatic carbocycles. The molecular formula is C15H18N2O3. The first kappa shape index (κ1) is 12.1. The number of hydrogen-bond acceptors (Lipinski definition) is 4. The quantitative estimate of drug-likeness (QED) is 0.816. The minimum Gasteiger partial charge on any atom is -0.481 e. The Hall–Kier alpha value is -1.62. The summed E-state index contributed by atoms with van der Waals surface area (Å²) in [5.74, 6) is 1.65. The number of fused-ring (bicyclic) bond motifs is 5. The van der Waals surface area contributed by atoms with Crippen LogP contribution in [-0.2, 0) is 4.74 Å². The Bertz CT molecular complexity index is 530. The Morgan fingerprint density at radius 3 is 2.70 bits per heavy atom. The summed E-state index contributed by atoms with van der Waals surface area (Å²) >= 11 is 0. The molecule has 4 atom stereocenters. The van der Waals surface area contributed by atoms with Crippen molar-refractivity contribution in [2.75, 3.05) is 20.2 Å². The highest BCUT2D eigenvalue weighted by Crippen LogP contribution is 2.47. The Morgan fingerprint density at radius 1 is 1.35 bits per heavy atom. The van der Waals surface area contributed by atoms with Gasteiger partial charge in [0.15, 0.2) is 0 Å². The van der Waals surface area contributed by atoms with Crippen molar-refractivity contribution in [3.05, 3.63) is 23.9 Å². The van der Waals surface area contributed by atoms with Crippen LogP contribution in [0.15, 0.2) is 18.3 Å². The van der Waals surface area contributed by atoms with Crippen molar-refractivity contribution in [2.45, 2.75) is 25.0 Å². The van der Waals surface area contributed by atoms with Crippen LogP contribution in [0, 0.1) is 11.8 Å². The van der Waals surface area contributed by atoms with E-state index >= 15 is 0 Å². The summed E-state index contributed by atoms with van der Waals surface area (Å²) in [6.45, 7) is 1.66. The summed E-state index contributed by atoms with van der Waals surface area (Å²) in [4.78, 5) is 18.6. The first-order valence-electron chi connectivity index (χ1n) is 7.21. The van der Waals surface area contributed by atoms with Crippen LogP contribution >= 0.6 is 0 Å². The zero-order chi connectivity index (χ0) is 13.7. The SMILES string of the molecule is COc1cc(C(=O)N2C[C@@H]3[C@H](C2)[C@H]2CC[C@@H]3O2)ccn1. The molecule has 4 rings (SSSR count). The minimum absolute atomic E-state index is 0.0829. The van der Waals surface area contributed by atoms with E-state index in [1.54, 1.807) is 25.4 Å². The molecule has 0 spiro atoms. The number of hydrogen-bond donors (Lipinski definition) is 0. The van der Waals surface area contributed by atoms with Crippen molar-refractivity contribution >= 4 is 5.91 Å². The fourth-order valence-electron chi connectivity index (χ4n) is 3.96. The average molecular weight is 274 g/mol. The van der Waals surface area contributed by atoms with Crippen molar-refractivity contribution in [1.82, 2.24) is 9.88 Å². The molecule has 0 saturated carbocycles. The topological polar surface area (TPSA) is 51.7 Å². The summed E-state index contributed by atoms with van der Waals surface area (Å²) in [5, 5.41) is 0. The van der Waals surface area contributed by atoms with Crippen LogP contribution in [0.5, 0.6) is 5.88 Å². The second kappa shape index (κ2) is 4.45. The number of likely N-dealkylation sites (tertiary alicyclic amines) is 1. The highest BCUT2D eigenvalue weighted by atomic mass is 16.5. The monoisotopic (exact) mass is 274 g/mol. The Balaban J connectivity index is 1.52. The van der Waals surface area contributed by atoms with Gasteiger partial charge >= 0.3 is 0 Å². The first-order valence-corrected chi connectivity index (χ1v) is 7.21. The van der Waals surface area contributed by atoms with E-state index in [1.165, 1.54) is 0 Å². The third kappa shape index (κ3) is 1.73. The van der Waals surface area contributed by atoms with Crippen molar-refractivity contribution in [2.24, 2.45) is 11.8 Å². The predicted molar refractivity (Wildman–Crippen MR) is 71.6 cm³/mol. The van der Waals surface area contributed by atoms with E-state index in [2.05, 4.69) is 4.98 Å². The molecule has 4 heterocycles. The Labute approximate surface area is 117 Å². The van der Waals surface area contributed by atoms with E-state index in [1.807, 2.05) is 4.90 Å². The van der Waals surface area contributed by atoms with Crippen LogP contribution in [0.1, 0.15) is 23.2 Å². The molecule has 0 N–H and O–H groups in total. The van der Waals surface area contributed by atoms with Gasteiger partial charge in [-0.2, -0.15) is 0 Å². The maximum atomic E-state index is 12.6. The molecule has 5 heteroatoms. The van der Waals surface area contributed by atoms with Crippen molar-refractivity contribution < 1.29 is 14.3 Å². The normalized spacial score (nSPS) is 34.4. The van der Waals surface area contributed by atoms with Crippen molar-refractivity contribution in [3.63, 3.8) is 0 Å². The van der Waals surface area contributed by atoms with Crippen LogP contribution in [0.25, 0.3) is 0 Å². The van der Waals surface area contributed by atoms with Gasteiger partial charge in [-0.3, -0.25) is 4.79 Å². The largest absolute Gasteiger partial charge is 0.481 e. The zero-order valence-electron chi connectivity index (χ0n) is 11.5. The molecule has 5 nitrogen and oxygen atoms in total. The molecule has 3 saturated heterocycles. The van der Waals surface area contributed by atoms with Gasteiger partial charge in [-0.05, 0) is 18.9 Å². The standard InChI is InChI=1S/C15H18N2O3/c1-19-14-6-9(4-5-16-14)15(18)17-7-10-11(8-17)13-3-2-12(10)20-13/h4-6,10-13H,2-3,7-8H2,1H3/t10-,11+,12+,13-. The molecule has 3 aliphatic rings. The lowest BCUT2D eigenvalue weighted by Gasteiger charge is -2.19. The van der Waals surface area contributed by atoms with Crippen LogP contribution in [0.2, 0.25) is 0 Å². The minimum atomic E-state index is 0.0829. The van der Waals surface area contributed by atoms with Crippen LogP contribution in [-0.4, -0.2) is 48.2 Å². The second-order valence-electron chi connectivity index (χ2n) is 5.92. The van der Waals surface area contributed by atoms with Gasteiger partial charge in [0.05, 0.1) is 19.3 Å². The zero-order valence-corrected chi connectivity index (χ0v) is 11.5. The fourth-order valence-corrected chi connectivity index (χ4v) is 3.96. The van der Waals surface area contributed by atoms with Gasteiger partial charge in [-0.15, -0.1) is 0 Å². The highest BCUT2D eigenvalue weighted by molar-refractivity contribution is 5.94. The summed E-state index contributed by atoms with van der Waals surface area (Å²) < 4.78 is 11.0. The summed E-state index contributed by atoms with van der Waals surface area (Å²) in [6, 6.07) is 3.46. The molecule has 3 aliphatic heterocycles. The predicted octanol–water partition coefficient (Wildman–Crippen LogP) is 1.34. The lowest BCUT2D eigenvalue weighted by Crippen LogP contribution is -2.31. The molecule has 2 bridgehead atoms. The molecule has 1 amide bonds. The number of carbonyl (C=O) groups excluding carboxylic acids is 1. The smallest absolute Gasteiger partial charge is 0.254 e. The summed E-state index contributed by atoms with van der Waals surface area (Å²) in [7, 11) is 1.56. The van der Waals surface area contributed by atoms with Gasteiger partial charge in [0.1, 0.15) is 0 Å². The number of amides is 1. The van der Waals surface area contributed by atoms with Crippen molar-refractivity contribution in [3.8, 4) is 5.88 Å². The number of aromatic nitrogens is 1. The molecule has 1 aromatic heterocycles. The lowest BCUT2D eigenvalue weighted by molar-refractivity contribution is 0.0594. The third-order valence-corrected chi connectivity index (χ3v) is 4.93. The van der Waals surface area contributed by atoms with Crippen LogP contribution < -0.4 is 4.74 Å². The maximum absolute atomic E-state index is 12.6. The van der Waals surface area contributed by atoms with Crippen molar-refractivity contribution in [1.29, 1.82) is 0 Å². The van der Waals surface area contributed by atoms with E-state index in [-0.39, 0.29) is 5.91 Å². The molecule has 20 heavy (non-hydrogen) atoms. The highest BCUT2D eigenvalue weighted by Gasteiger charge is 2.53. The maximum Gasteiger partial charge on any atom is 0.254 e. The number of rotatable bonds is 2. The molecule has 0 unspecified atom stereocenters. The number of methoxy groups -OCH3 is 1. The number of carbonyl (C=O) groups is 1. The number of ether oxygens (including phenoxy) is 2. The third-order valence-electron chi connectivity index (χ3n) is 4.93. The molecule has 0 radical (unpaired) electrons. The Kier molecular flexibility index (Phi) is 2.70. The van der Waals surface area contributed by atoms with E-state index in [9.17, 15) is 4.79 Å². The molecule has 3 fully saturated rings. The second-order valence-corrected chi connectivity index (χ2v) is 5.92. The molecule has 0 aromatic carbocycles. The average Bonchev–Trinajstić information content (AvgIpc) is 3.18.